The number of hydrogen-bond acceptors (Lipinski definition) is 6. The molecule has 1 atom stereocenters. The number of rotatable bonds is 6. The first-order valence-corrected chi connectivity index (χ1v) is 12.9. The summed E-state index contributed by atoms with van der Waals surface area (Å²) >= 11 is 7.20. The monoisotopic (exact) mass is 522 g/mol. The van der Waals surface area contributed by atoms with Gasteiger partial charge in [0.05, 0.1) is 15.1 Å². The minimum absolute atomic E-state index is 0.0371. The number of sulfone groups is 1. The van der Waals surface area contributed by atoms with Crippen molar-refractivity contribution in [1.82, 2.24) is 4.98 Å². The van der Waals surface area contributed by atoms with Crippen molar-refractivity contribution in [2.24, 2.45) is 0 Å². The summed E-state index contributed by atoms with van der Waals surface area (Å²) in [5.41, 5.74) is -0.968. The first-order chi connectivity index (χ1) is 16.0. The summed E-state index contributed by atoms with van der Waals surface area (Å²) in [5.74, 6) is -2.86. The number of benzene rings is 3. The molecule has 1 N–H and O–H groups in total. The van der Waals surface area contributed by atoms with Gasteiger partial charge in [-0.1, -0.05) is 35.1 Å². The van der Waals surface area contributed by atoms with Crippen LogP contribution in [0.3, 0.4) is 0 Å². The number of thiazole rings is 1. The quantitative estimate of drug-likeness (QED) is 0.358. The summed E-state index contributed by atoms with van der Waals surface area (Å²) in [4.78, 5) is 17.8. The summed E-state index contributed by atoms with van der Waals surface area (Å²) in [6, 6.07) is 13.2. The number of amides is 1. The Hall–Kier alpha value is -3.08. The van der Waals surface area contributed by atoms with Crippen molar-refractivity contribution >= 4 is 54.0 Å². The number of carbonyl (C=O) groups excluding carboxylic acids is 1. The predicted octanol–water partition coefficient (Wildman–Crippen LogP) is 5.56. The van der Waals surface area contributed by atoms with E-state index in [1.807, 2.05) is 0 Å². The fourth-order valence-corrected chi connectivity index (χ4v) is 4.97. The van der Waals surface area contributed by atoms with Gasteiger partial charge in [0.15, 0.2) is 26.5 Å². The fourth-order valence-electron chi connectivity index (χ4n) is 3.20. The molecule has 0 bridgehead atoms. The van der Waals surface area contributed by atoms with Gasteiger partial charge in [-0.05, 0) is 49.4 Å². The van der Waals surface area contributed by atoms with E-state index in [1.165, 1.54) is 42.5 Å². The van der Waals surface area contributed by atoms with Crippen molar-refractivity contribution in [1.29, 1.82) is 0 Å². The predicted molar refractivity (Wildman–Crippen MR) is 127 cm³/mol. The van der Waals surface area contributed by atoms with Crippen molar-refractivity contribution < 1.29 is 26.7 Å². The molecule has 1 unspecified atom stereocenters. The third kappa shape index (κ3) is 4.89. The zero-order valence-corrected chi connectivity index (χ0v) is 20.2. The van der Waals surface area contributed by atoms with Crippen LogP contribution in [0.2, 0.25) is 5.02 Å². The Labute approximate surface area is 203 Å². The van der Waals surface area contributed by atoms with Gasteiger partial charge in [-0.2, -0.15) is 0 Å². The average Bonchev–Trinajstić information content (AvgIpc) is 3.16. The summed E-state index contributed by atoms with van der Waals surface area (Å²) in [7, 11) is -3.48. The summed E-state index contributed by atoms with van der Waals surface area (Å²) in [6.45, 7) is 1.39. The molecule has 6 nitrogen and oxygen atoms in total. The highest BCUT2D eigenvalue weighted by molar-refractivity contribution is 7.90. The molecule has 0 saturated carbocycles. The van der Waals surface area contributed by atoms with Crippen molar-refractivity contribution in [3.05, 3.63) is 82.9 Å². The molecule has 34 heavy (non-hydrogen) atoms. The lowest BCUT2D eigenvalue weighted by atomic mass is 9.94. The van der Waals surface area contributed by atoms with E-state index < -0.39 is 33.0 Å². The van der Waals surface area contributed by atoms with Crippen molar-refractivity contribution in [2.45, 2.75) is 17.4 Å². The highest BCUT2D eigenvalue weighted by Crippen LogP contribution is 2.34. The summed E-state index contributed by atoms with van der Waals surface area (Å²) in [6.07, 6.45) is 1.05. The molecule has 3 aromatic carbocycles. The van der Waals surface area contributed by atoms with Crippen molar-refractivity contribution in [3.63, 3.8) is 0 Å². The second kappa shape index (κ2) is 8.94. The molecule has 4 aromatic rings. The molecule has 11 heteroatoms. The van der Waals surface area contributed by atoms with Gasteiger partial charge in [-0.3, -0.25) is 10.1 Å². The Kier molecular flexibility index (Phi) is 6.32. The maximum absolute atomic E-state index is 14.4. The number of aromatic nitrogens is 1. The van der Waals surface area contributed by atoms with Crippen LogP contribution in [0.4, 0.5) is 13.9 Å². The van der Waals surface area contributed by atoms with Crippen molar-refractivity contribution in [2.75, 3.05) is 11.6 Å². The molecule has 0 spiro atoms. The molecule has 1 aromatic heterocycles. The first kappa shape index (κ1) is 24.1. The number of nitrogens with zero attached hydrogens (tertiary/aromatic N) is 1. The van der Waals surface area contributed by atoms with E-state index in [4.69, 9.17) is 16.3 Å². The molecular weight excluding hydrogens is 506 g/mol. The van der Waals surface area contributed by atoms with Gasteiger partial charge >= 0.3 is 0 Å². The third-order valence-corrected chi connectivity index (χ3v) is 7.34. The second-order valence-electron chi connectivity index (χ2n) is 7.59. The normalized spacial score (nSPS) is 13.4. The smallest absolute Gasteiger partial charge is 0.274 e. The van der Waals surface area contributed by atoms with E-state index in [-0.39, 0.29) is 21.3 Å². The summed E-state index contributed by atoms with van der Waals surface area (Å²) in [5, 5.41) is 3.44. The van der Waals surface area contributed by atoms with Gasteiger partial charge in [0, 0.05) is 22.9 Å². The number of ether oxygens (including phenoxy) is 1. The number of carbonyl (C=O) groups is 1. The first-order valence-electron chi connectivity index (χ1n) is 9.78. The molecule has 0 radical (unpaired) electrons. The van der Waals surface area contributed by atoms with Crippen LogP contribution in [0.15, 0.2) is 65.6 Å². The van der Waals surface area contributed by atoms with E-state index in [2.05, 4.69) is 10.3 Å². The van der Waals surface area contributed by atoms with Gasteiger partial charge < -0.3 is 4.74 Å². The zero-order chi connectivity index (χ0) is 24.7. The molecule has 4 rings (SSSR count). The van der Waals surface area contributed by atoms with Crippen LogP contribution in [0.1, 0.15) is 12.5 Å². The molecular formula is C23H17ClF2N2O4S2. The number of anilines is 1. The molecule has 0 fully saturated rings. The molecule has 176 valence electrons. The largest absolute Gasteiger partial charge is 0.470 e. The van der Waals surface area contributed by atoms with E-state index in [0.717, 1.165) is 23.1 Å². The lowest BCUT2D eigenvalue weighted by Crippen LogP contribution is -2.43. The second-order valence-corrected chi connectivity index (χ2v) is 11.1. The molecule has 0 saturated heterocycles. The Morgan fingerprint density at radius 1 is 1.09 bits per heavy atom. The minimum atomic E-state index is -3.48. The number of nitrogens with one attached hydrogen (secondary N) is 1. The molecule has 1 heterocycles. The SMILES string of the molecule is CC(Oc1ccc(F)cc1F)(C(=O)Nc1nc2ccc(Cl)cc2s1)c1ccc(S(C)(=O)=O)cc1. The molecule has 1 amide bonds. The average molecular weight is 523 g/mol. The van der Waals surface area contributed by atoms with Crippen LogP contribution in [-0.2, 0) is 20.2 Å². The van der Waals surface area contributed by atoms with E-state index in [1.54, 1.807) is 18.2 Å². The Morgan fingerprint density at radius 3 is 2.44 bits per heavy atom. The van der Waals surface area contributed by atoms with Gasteiger partial charge in [-0.25, -0.2) is 22.2 Å². The van der Waals surface area contributed by atoms with Crippen LogP contribution >= 0.6 is 22.9 Å². The highest BCUT2D eigenvalue weighted by atomic mass is 35.5. The molecule has 0 aliphatic carbocycles. The number of hydrogen-bond donors (Lipinski definition) is 1. The third-order valence-electron chi connectivity index (χ3n) is 5.05. The van der Waals surface area contributed by atoms with E-state index in [9.17, 15) is 22.0 Å². The van der Waals surface area contributed by atoms with E-state index >= 15 is 0 Å². The van der Waals surface area contributed by atoms with Gasteiger partial charge in [0.2, 0.25) is 5.60 Å². The van der Waals surface area contributed by atoms with Gasteiger partial charge in [-0.15, -0.1) is 0 Å². The Balaban J connectivity index is 1.74. The van der Waals surface area contributed by atoms with Crippen LogP contribution in [0, 0.1) is 11.6 Å². The molecule has 0 aliphatic heterocycles. The van der Waals surface area contributed by atoms with Gasteiger partial charge in [0.25, 0.3) is 5.91 Å². The number of fused-ring (bicyclic) bond motifs is 1. The number of halogens is 3. The zero-order valence-electron chi connectivity index (χ0n) is 17.8. The Bertz CT molecular complexity index is 1510. The highest BCUT2D eigenvalue weighted by Gasteiger charge is 2.39. The lowest BCUT2D eigenvalue weighted by Gasteiger charge is -2.30. The van der Waals surface area contributed by atoms with Crippen LogP contribution in [0.5, 0.6) is 5.75 Å². The van der Waals surface area contributed by atoms with Crippen molar-refractivity contribution in [3.8, 4) is 5.75 Å². The fraction of sp³-hybridized carbons (Fsp3) is 0.130. The topological polar surface area (TPSA) is 85.4 Å². The van der Waals surface area contributed by atoms with Gasteiger partial charge in [0.1, 0.15) is 5.82 Å². The minimum Gasteiger partial charge on any atom is -0.470 e. The summed E-state index contributed by atoms with van der Waals surface area (Å²) < 4.78 is 58.0. The lowest BCUT2D eigenvalue weighted by molar-refractivity contribution is -0.130. The molecule has 0 aliphatic rings. The maximum atomic E-state index is 14.4. The van der Waals surface area contributed by atoms with Crippen LogP contribution < -0.4 is 10.1 Å². The standard InChI is InChI=1S/C23H17ClF2N2O4S2/c1-23(32-19-10-6-15(25)12-17(19)26,13-3-7-16(8-4-13)34(2,30)31)21(29)28-22-27-18-9-5-14(24)11-20(18)33-22/h3-12H,1-2H3,(H,27,28,29). The van der Waals surface area contributed by atoms with Crippen LogP contribution in [0.25, 0.3) is 10.2 Å². The van der Waals surface area contributed by atoms with E-state index in [0.29, 0.717) is 16.6 Å². The Morgan fingerprint density at radius 2 is 1.79 bits per heavy atom. The maximum Gasteiger partial charge on any atom is 0.274 e. The van der Waals surface area contributed by atoms with Crippen LogP contribution in [-0.4, -0.2) is 25.6 Å².